The maximum Gasteiger partial charge on any atom is 0.220 e. The molecule has 0 spiro atoms. The number of benzene rings is 2. The van der Waals surface area contributed by atoms with Gasteiger partial charge in [-0.2, -0.15) is 0 Å². The molecule has 0 saturated carbocycles. The van der Waals surface area contributed by atoms with Crippen LogP contribution in [0.1, 0.15) is 29.0 Å². The van der Waals surface area contributed by atoms with E-state index in [1.54, 1.807) is 6.20 Å². The summed E-state index contributed by atoms with van der Waals surface area (Å²) in [4.78, 5) is 16.3. The number of aryl methyl sites for hydroxylation is 3. The lowest BCUT2D eigenvalue weighted by Gasteiger charge is -2.05. The molecule has 4 nitrogen and oxygen atoms in total. The first-order valence-electron chi connectivity index (χ1n) is 8.44. The predicted molar refractivity (Wildman–Crippen MR) is 98.0 cm³/mol. The Hall–Kier alpha value is -2.88. The molecule has 1 aromatic heterocycles. The summed E-state index contributed by atoms with van der Waals surface area (Å²) in [6.45, 7) is 4.63. The molecule has 2 aromatic carbocycles. The maximum absolute atomic E-state index is 12.0. The van der Waals surface area contributed by atoms with E-state index in [9.17, 15) is 4.79 Å². The zero-order valence-corrected chi connectivity index (χ0v) is 14.6. The van der Waals surface area contributed by atoms with Crippen LogP contribution in [0.4, 0.5) is 0 Å². The predicted octanol–water partition coefficient (Wildman–Crippen LogP) is 4.21. The monoisotopic (exact) mass is 334 g/mol. The molecule has 0 unspecified atom stereocenters. The minimum absolute atomic E-state index is 0.00316. The summed E-state index contributed by atoms with van der Waals surface area (Å²) in [6.07, 6.45) is 2.57. The molecule has 3 aromatic rings. The number of rotatable bonds is 6. The highest BCUT2D eigenvalue weighted by molar-refractivity contribution is 5.76. The number of carbonyl (C=O) groups excluding carboxylic acids is 1. The van der Waals surface area contributed by atoms with Gasteiger partial charge in [0.1, 0.15) is 0 Å². The molecule has 0 saturated heterocycles. The Labute approximate surface area is 147 Å². The average molecular weight is 334 g/mol. The number of nitrogens with one attached hydrogen (secondary N) is 1. The molecular weight excluding hydrogens is 312 g/mol. The number of aromatic nitrogens is 1. The Morgan fingerprint density at radius 3 is 2.64 bits per heavy atom. The van der Waals surface area contributed by atoms with Crippen molar-refractivity contribution >= 4 is 5.91 Å². The minimum Gasteiger partial charge on any atom is -0.441 e. The van der Waals surface area contributed by atoms with Gasteiger partial charge in [-0.15, -0.1) is 0 Å². The standard InChI is InChI=1S/C21H22N2O2/c1-15-6-8-18(9-7-15)19-14-23-21(25-19)11-10-20(24)22-13-17-5-3-4-16(2)12-17/h3-9,12,14H,10-11,13H2,1-2H3,(H,22,24). The van der Waals surface area contributed by atoms with Gasteiger partial charge in [-0.3, -0.25) is 4.79 Å². The van der Waals surface area contributed by atoms with Gasteiger partial charge in [-0.25, -0.2) is 4.98 Å². The van der Waals surface area contributed by atoms with Crippen molar-refractivity contribution in [3.63, 3.8) is 0 Å². The van der Waals surface area contributed by atoms with Crippen molar-refractivity contribution in [2.24, 2.45) is 0 Å². The number of amides is 1. The molecule has 0 aliphatic rings. The molecule has 0 radical (unpaired) electrons. The highest BCUT2D eigenvalue weighted by atomic mass is 16.4. The van der Waals surface area contributed by atoms with Crippen LogP contribution in [0.3, 0.4) is 0 Å². The van der Waals surface area contributed by atoms with E-state index in [4.69, 9.17) is 4.42 Å². The molecule has 1 amide bonds. The highest BCUT2D eigenvalue weighted by Gasteiger charge is 2.09. The van der Waals surface area contributed by atoms with E-state index >= 15 is 0 Å². The van der Waals surface area contributed by atoms with Crippen molar-refractivity contribution in [2.75, 3.05) is 0 Å². The van der Waals surface area contributed by atoms with E-state index < -0.39 is 0 Å². The molecule has 4 heteroatoms. The molecule has 128 valence electrons. The Morgan fingerprint density at radius 2 is 1.88 bits per heavy atom. The van der Waals surface area contributed by atoms with Crippen molar-refractivity contribution in [2.45, 2.75) is 33.2 Å². The number of hydrogen-bond donors (Lipinski definition) is 1. The van der Waals surface area contributed by atoms with Crippen LogP contribution in [0.15, 0.2) is 59.1 Å². The number of oxazole rings is 1. The Bertz CT molecular complexity index is 850. The molecule has 1 heterocycles. The second-order valence-electron chi connectivity index (χ2n) is 6.25. The average Bonchev–Trinajstić information content (AvgIpc) is 3.08. The second-order valence-corrected chi connectivity index (χ2v) is 6.25. The largest absolute Gasteiger partial charge is 0.441 e. The summed E-state index contributed by atoms with van der Waals surface area (Å²) >= 11 is 0. The van der Waals surface area contributed by atoms with Crippen LogP contribution in [0.5, 0.6) is 0 Å². The molecule has 0 atom stereocenters. The molecule has 25 heavy (non-hydrogen) atoms. The van der Waals surface area contributed by atoms with E-state index in [1.165, 1.54) is 11.1 Å². The Morgan fingerprint density at radius 1 is 1.08 bits per heavy atom. The zero-order valence-electron chi connectivity index (χ0n) is 14.6. The second kappa shape index (κ2) is 7.79. The Kier molecular flexibility index (Phi) is 5.29. The summed E-state index contributed by atoms with van der Waals surface area (Å²) in [6, 6.07) is 16.2. The van der Waals surface area contributed by atoms with E-state index in [1.807, 2.05) is 56.3 Å². The number of hydrogen-bond acceptors (Lipinski definition) is 3. The summed E-state index contributed by atoms with van der Waals surface area (Å²) in [5, 5.41) is 2.93. The molecule has 1 N–H and O–H groups in total. The van der Waals surface area contributed by atoms with Crippen LogP contribution in [0, 0.1) is 13.8 Å². The van der Waals surface area contributed by atoms with Crippen molar-refractivity contribution in [3.8, 4) is 11.3 Å². The minimum atomic E-state index is -0.00316. The van der Waals surface area contributed by atoms with Crippen molar-refractivity contribution in [1.29, 1.82) is 0 Å². The maximum atomic E-state index is 12.0. The van der Waals surface area contributed by atoms with Gasteiger partial charge in [-0.1, -0.05) is 59.7 Å². The van der Waals surface area contributed by atoms with E-state index in [0.717, 1.165) is 16.9 Å². The lowest BCUT2D eigenvalue weighted by atomic mass is 10.1. The fraction of sp³-hybridized carbons (Fsp3) is 0.238. The van der Waals surface area contributed by atoms with E-state index in [0.29, 0.717) is 25.3 Å². The van der Waals surface area contributed by atoms with Crippen molar-refractivity contribution in [3.05, 3.63) is 77.3 Å². The first-order valence-corrected chi connectivity index (χ1v) is 8.44. The van der Waals surface area contributed by atoms with Gasteiger partial charge in [0.15, 0.2) is 11.7 Å². The summed E-state index contributed by atoms with van der Waals surface area (Å²) in [5.41, 5.74) is 4.49. The third kappa shape index (κ3) is 4.80. The van der Waals surface area contributed by atoms with Crippen LogP contribution >= 0.6 is 0 Å². The van der Waals surface area contributed by atoms with Crippen molar-refractivity contribution in [1.82, 2.24) is 10.3 Å². The van der Waals surface area contributed by atoms with Crippen LogP contribution in [0.2, 0.25) is 0 Å². The van der Waals surface area contributed by atoms with Gasteiger partial charge in [0.2, 0.25) is 5.91 Å². The molecule has 0 aliphatic heterocycles. The summed E-state index contributed by atoms with van der Waals surface area (Å²) in [7, 11) is 0. The van der Waals surface area contributed by atoms with Gasteiger partial charge in [0.25, 0.3) is 0 Å². The SMILES string of the molecule is Cc1ccc(-c2cnc(CCC(=O)NCc3cccc(C)c3)o2)cc1. The first kappa shape index (κ1) is 17.0. The summed E-state index contributed by atoms with van der Waals surface area (Å²) < 4.78 is 5.75. The van der Waals surface area contributed by atoms with Gasteiger partial charge >= 0.3 is 0 Å². The van der Waals surface area contributed by atoms with Crippen LogP contribution in [-0.4, -0.2) is 10.9 Å². The molecular formula is C21H22N2O2. The topological polar surface area (TPSA) is 55.1 Å². The third-order valence-electron chi connectivity index (χ3n) is 4.03. The quantitative estimate of drug-likeness (QED) is 0.735. The molecule has 0 fully saturated rings. The smallest absolute Gasteiger partial charge is 0.220 e. The lowest BCUT2D eigenvalue weighted by molar-refractivity contribution is -0.121. The van der Waals surface area contributed by atoms with E-state index in [2.05, 4.69) is 16.4 Å². The fourth-order valence-corrected chi connectivity index (χ4v) is 2.61. The third-order valence-corrected chi connectivity index (χ3v) is 4.03. The fourth-order valence-electron chi connectivity index (χ4n) is 2.61. The van der Waals surface area contributed by atoms with Gasteiger partial charge in [0.05, 0.1) is 6.20 Å². The van der Waals surface area contributed by atoms with Crippen molar-refractivity contribution < 1.29 is 9.21 Å². The summed E-state index contributed by atoms with van der Waals surface area (Å²) in [5.74, 6) is 1.31. The van der Waals surface area contributed by atoms with Gasteiger partial charge in [0, 0.05) is 24.9 Å². The number of carbonyl (C=O) groups is 1. The molecule has 0 aliphatic carbocycles. The first-order chi connectivity index (χ1) is 12.1. The van der Waals surface area contributed by atoms with Crippen LogP contribution in [0.25, 0.3) is 11.3 Å². The molecule has 3 rings (SSSR count). The van der Waals surface area contributed by atoms with Gasteiger partial charge < -0.3 is 9.73 Å². The van der Waals surface area contributed by atoms with E-state index in [-0.39, 0.29) is 5.91 Å². The van der Waals surface area contributed by atoms with Crippen LogP contribution in [-0.2, 0) is 17.8 Å². The van der Waals surface area contributed by atoms with Crippen LogP contribution < -0.4 is 5.32 Å². The zero-order chi connectivity index (χ0) is 17.6. The Balaban J connectivity index is 1.50. The molecule has 0 bridgehead atoms. The van der Waals surface area contributed by atoms with Gasteiger partial charge in [-0.05, 0) is 19.4 Å². The highest BCUT2D eigenvalue weighted by Crippen LogP contribution is 2.21. The number of nitrogens with zero attached hydrogens (tertiary/aromatic N) is 1. The lowest BCUT2D eigenvalue weighted by Crippen LogP contribution is -2.23. The normalized spacial score (nSPS) is 10.6.